The van der Waals surface area contributed by atoms with Crippen LogP contribution in [0.2, 0.25) is 5.02 Å². The van der Waals surface area contributed by atoms with E-state index in [-0.39, 0.29) is 12.5 Å². The quantitative estimate of drug-likeness (QED) is 0.781. The van der Waals surface area contributed by atoms with Gasteiger partial charge in [-0.15, -0.1) is 0 Å². The van der Waals surface area contributed by atoms with Crippen LogP contribution in [-0.4, -0.2) is 51.9 Å². The monoisotopic (exact) mass is 313 g/mol. The van der Waals surface area contributed by atoms with Gasteiger partial charge in [-0.05, 0) is 30.7 Å². The summed E-state index contributed by atoms with van der Waals surface area (Å²) in [4.78, 5) is 13.2. The molecule has 5 nitrogen and oxygen atoms in total. The minimum Gasteiger partial charge on any atom is -0.484 e. The molecule has 1 aliphatic rings. The fraction of sp³-hybridized carbons (Fsp3) is 0.533. The molecular weight excluding hydrogens is 292 g/mol. The van der Waals surface area contributed by atoms with Crippen molar-refractivity contribution in [2.24, 2.45) is 0 Å². The number of aryl methyl sites for hydroxylation is 1. The fourth-order valence-electron chi connectivity index (χ4n) is 2.20. The lowest BCUT2D eigenvalue weighted by Gasteiger charge is -2.23. The lowest BCUT2D eigenvalue weighted by atomic mass is 10.2. The van der Waals surface area contributed by atoms with Gasteiger partial charge in [-0.2, -0.15) is 0 Å². The first-order valence-electron chi connectivity index (χ1n) is 7.22. The molecule has 0 bridgehead atoms. The predicted octanol–water partition coefficient (Wildman–Crippen LogP) is 0.0585. The molecule has 0 spiro atoms. The first-order chi connectivity index (χ1) is 10.1. The average molecular weight is 314 g/mol. The topological polar surface area (TPSA) is 52.0 Å². The van der Waals surface area contributed by atoms with Crippen LogP contribution >= 0.6 is 11.6 Å². The van der Waals surface area contributed by atoms with E-state index in [1.165, 1.54) is 4.90 Å². The van der Waals surface area contributed by atoms with Gasteiger partial charge in [0.05, 0.1) is 26.3 Å². The van der Waals surface area contributed by atoms with E-state index in [1.54, 1.807) is 12.1 Å². The average Bonchev–Trinajstić information content (AvgIpc) is 2.49. The fourth-order valence-corrected chi connectivity index (χ4v) is 2.31. The number of morpholine rings is 1. The molecule has 0 atom stereocenters. The molecule has 21 heavy (non-hydrogen) atoms. The number of hydrogen-bond donors (Lipinski definition) is 2. The van der Waals surface area contributed by atoms with Gasteiger partial charge in [-0.1, -0.05) is 11.6 Å². The van der Waals surface area contributed by atoms with Gasteiger partial charge in [0.15, 0.2) is 6.61 Å². The second-order valence-corrected chi connectivity index (χ2v) is 5.57. The van der Waals surface area contributed by atoms with E-state index in [1.807, 2.05) is 13.0 Å². The molecule has 2 rings (SSSR count). The Morgan fingerprint density at radius 2 is 2.19 bits per heavy atom. The number of carbonyl (C=O) groups excluding carboxylic acids is 1. The number of nitrogens with one attached hydrogen (secondary N) is 2. The van der Waals surface area contributed by atoms with Gasteiger partial charge in [0.1, 0.15) is 18.8 Å². The number of quaternary nitrogens is 1. The predicted molar refractivity (Wildman–Crippen MR) is 81.1 cm³/mol. The zero-order valence-electron chi connectivity index (χ0n) is 12.3. The molecule has 6 heteroatoms. The SMILES string of the molecule is Cc1cc(OCC(=O)NCC[NH+]2CCOCC2)ccc1Cl. The third-order valence-electron chi connectivity index (χ3n) is 3.50. The van der Waals surface area contributed by atoms with Crippen molar-refractivity contribution in [3.8, 4) is 5.75 Å². The maximum absolute atomic E-state index is 11.7. The third kappa shape index (κ3) is 5.53. The number of rotatable bonds is 6. The Labute approximate surface area is 130 Å². The molecule has 1 amide bonds. The summed E-state index contributed by atoms with van der Waals surface area (Å²) in [5.41, 5.74) is 0.936. The highest BCUT2D eigenvalue weighted by Gasteiger charge is 2.13. The van der Waals surface area contributed by atoms with Crippen molar-refractivity contribution in [3.63, 3.8) is 0 Å². The van der Waals surface area contributed by atoms with Crippen LogP contribution in [-0.2, 0) is 9.53 Å². The van der Waals surface area contributed by atoms with Gasteiger partial charge in [0, 0.05) is 5.02 Å². The number of benzene rings is 1. The van der Waals surface area contributed by atoms with E-state index in [9.17, 15) is 4.79 Å². The molecule has 0 radical (unpaired) electrons. The van der Waals surface area contributed by atoms with E-state index < -0.39 is 0 Å². The Morgan fingerprint density at radius 1 is 1.43 bits per heavy atom. The van der Waals surface area contributed by atoms with E-state index in [0.29, 0.717) is 17.3 Å². The molecule has 116 valence electrons. The molecule has 1 aromatic carbocycles. The summed E-state index contributed by atoms with van der Waals surface area (Å²) in [6.07, 6.45) is 0. The highest BCUT2D eigenvalue weighted by molar-refractivity contribution is 6.31. The Hall–Kier alpha value is -1.30. The maximum atomic E-state index is 11.7. The van der Waals surface area contributed by atoms with Crippen molar-refractivity contribution in [3.05, 3.63) is 28.8 Å². The van der Waals surface area contributed by atoms with Crippen molar-refractivity contribution in [2.45, 2.75) is 6.92 Å². The Morgan fingerprint density at radius 3 is 2.90 bits per heavy atom. The van der Waals surface area contributed by atoms with Gasteiger partial charge >= 0.3 is 0 Å². The van der Waals surface area contributed by atoms with E-state index in [0.717, 1.165) is 38.4 Å². The van der Waals surface area contributed by atoms with Crippen LogP contribution in [0.25, 0.3) is 0 Å². The molecular formula is C15H22ClN2O3+. The summed E-state index contributed by atoms with van der Waals surface area (Å²) in [6, 6.07) is 5.36. The molecule has 0 aromatic heterocycles. The Kier molecular flexibility index (Phi) is 6.29. The second kappa shape index (κ2) is 8.22. The van der Waals surface area contributed by atoms with E-state index in [2.05, 4.69) is 5.32 Å². The summed E-state index contributed by atoms with van der Waals surface area (Å²) in [5.74, 6) is 0.557. The van der Waals surface area contributed by atoms with E-state index >= 15 is 0 Å². The van der Waals surface area contributed by atoms with Crippen LogP contribution in [0, 0.1) is 6.92 Å². The summed E-state index contributed by atoms with van der Waals surface area (Å²) >= 11 is 5.94. The molecule has 0 saturated carbocycles. The van der Waals surface area contributed by atoms with Crippen LogP contribution in [0.4, 0.5) is 0 Å². The van der Waals surface area contributed by atoms with Crippen LogP contribution in [0.3, 0.4) is 0 Å². The largest absolute Gasteiger partial charge is 0.484 e. The van der Waals surface area contributed by atoms with Gasteiger partial charge in [-0.3, -0.25) is 4.79 Å². The normalized spacial score (nSPS) is 15.7. The molecule has 1 aliphatic heterocycles. The van der Waals surface area contributed by atoms with Crippen molar-refractivity contribution in [2.75, 3.05) is 46.0 Å². The van der Waals surface area contributed by atoms with Crippen molar-refractivity contribution >= 4 is 17.5 Å². The molecule has 1 heterocycles. The highest BCUT2D eigenvalue weighted by atomic mass is 35.5. The lowest BCUT2D eigenvalue weighted by Crippen LogP contribution is -3.14. The molecule has 0 aliphatic carbocycles. The standard InChI is InChI=1S/C15H21ClN2O3/c1-12-10-13(2-3-14(12)16)21-11-15(19)17-4-5-18-6-8-20-9-7-18/h2-3,10H,4-9,11H2,1H3,(H,17,19)/p+1. The zero-order chi connectivity index (χ0) is 15.1. The highest BCUT2D eigenvalue weighted by Crippen LogP contribution is 2.20. The first kappa shape index (κ1) is 16.1. The number of halogens is 1. The summed E-state index contributed by atoms with van der Waals surface area (Å²) in [6.45, 7) is 7.16. The third-order valence-corrected chi connectivity index (χ3v) is 3.92. The maximum Gasteiger partial charge on any atom is 0.258 e. The van der Waals surface area contributed by atoms with Crippen molar-refractivity contribution in [1.82, 2.24) is 5.32 Å². The summed E-state index contributed by atoms with van der Waals surface area (Å²) in [7, 11) is 0. The van der Waals surface area contributed by atoms with Crippen molar-refractivity contribution < 1.29 is 19.2 Å². The zero-order valence-corrected chi connectivity index (χ0v) is 13.0. The number of hydrogen-bond acceptors (Lipinski definition) is 3. The molecule has 2 N–H and O–H groups in total. The first-order valence-corrected chi connectivity index (χ1v) is 7.60. The molecule has 0 unspecified atom stereocenters. The Bertz CT molecular complexity index is 476. The lowest BCUT2D eigenvalue weighted by molar-refractivity contribution is -0.906. The summed E-state index contributed by atoms with van der Waals surface area (Å²) in [5, 5.41) is 3.57. The van der Waals surface area contributed by atoms with Gasteiger partial charge in [0.25, 0.3) is 5.91 Å². The summed E-state index contributed by atoms with van der Waals surface area (Å²) < 4.78 is 10.7. The minimum atomic E-state index is -0.102. The van der Waals surface area contributed by atoms with E-state index in [4.69, 9.17) is 21.1 Å². The smallest absolute Gasteiger partial charge is 0.258 e. The Balaban J connectivity index is 1.63. The van der Waals surface area contributed by atoms with Crippen LogP contribution in [0.1, 0.15) is 5.56 Å². The molecule has 1 fully saturated rings. The van der Waals surface area contributed by atoms with Gasteiger partial charge in [0.2, 0.25) is 0 Å². The second-order valence-electron chi connectivity index (χ2n) is 5.16. The number of amides is 1. The van der Waals surface area contributed by atoms with Crippen LogP contribution < -0.4 is 15.0 Å². The van der Waals surface area contributed by atoms with Crippen molar-refractivity contribution in [1.29, 1.82) is 0 Å². The number of ether oxygens (including phenoxy) is 2. The number of carbonyl (C=O) groups is 1. The minimum absolute atomic E-state index is 0.0273. The molecule has 1 aromatic rings. The molecule has 1 saturated heterocycles. The van der Waals surface area contributed by atoms with Crippen LogP contribution in [0.5, 0.6) is 5.75 Å². The van der Waals surface area contributed by atoms with Gasteiger partial charge < -0.3 is 19.7 Å². The van der Waals surface area contributed by atoms with Gasteiger partial charge in [-0.25, -0.2) is 0 Å². The van der Waals surface area contributed by atoms with Crippen LogP contribution in [0.15, 0.2) is 18.2 Å².